The van der Waals surface area contributed by atoms with Crippen LogP contribution in [0.2, 0.25) is 5.02 Å². The van der Waals surface area contributed by atoms with Gasteiger partial charge in [0, 0.05) is 15.0 Å². The number of benzene rings is 1. The predicted molar refractivity (Wildman–Crippen MR) is 80.1 cm³/mol. The van der Waals surface area contributed by atoms with Gasteiger partial charge in [-0.2, -0.15) is 0 Å². The third-order valence-electron chi connectivity index (χ3n) is 2.56. The number of hydrogen-bond acceptors (Lipinski definition) is 2. The van der Waals surface area contributed by atoms with Gasteiger partial charge < -0.3 is 5.32 Å². The second-order valence-corrected chi connectivity index (χ2v) is 5.99. The van der Waals surface area contributed by atoms with Gasteiger partial charge in [-0.25, -0.2) is 0 Å². The van der Waals surface area contributed by atoms with Crippen molar-refractivity contribution >= 4 is 44.6 Å². The van der Waals surface area contributed by atoms with E-state index in [0.717, 1.165) is 21.6 Å². The zero-order valence-electron chi connectivity index (χ0n) is 9.41. The van der Waals surface area contributed by atoms with Crippen LogP contribution in [0.15, 0.2) is 40.2 Å². The molecule has 0 amide bonds. The highest BCUT2D eigenvalue weighted by Crippen LogP contribution is 2.30. The highest BCUT2D eigenvalue weighted by Gasteiger charge is 2.10. The molecule has 1 nitrogen and oxygen atoms in total. The Kier molecular flexibility index (Phi) is 4.48. The molecule has 0 fully saturated rings. The van der Waals surface area contributed by atoms with Crippen LogP contribution in [0.4, 0.5) is 5.69 Å². The van der Waals surface area contributed by atoms with Crippen LogP contribution in [0.25, 0.3) is 0 Å². The monoisotopic (exact) mass is 329 g/mol. The van der Waals surface area contributed by atoms with Crippen molar-refractivity contribution in [2.45, 2.75) is 19.4 Å². The molecule has 0 bridgehead atoms. The van der Waals surface area contributed by atoms with Gasteiger partial charge in [-0.15, -0.1) is 11.3 Å². The molecule has 17 heavy (non-hydrogen) atoms. The molecule has 0 saturated heterocycles. The van der Waals surface area contributed by atoms with Crippen LogP contribution in [0.3, 0.4) is 0 Å². The minimum atomic E-state index is 0.354. The SMILES string of the molecule is CCC(Nc1ccc(Br)c(Cl)c1)c1cccs1. The molecular weight excluding hydrogens is 318 g/mol. The van der Waals surface area contributed by atoms with E-state index in [4.69, 9.17) is 11.6 Å². The van der Waals surface area contributed by atoms with E-state index in [0.29, 0.717) is 6.04 Å². The Morgan fingerprint density at radius 2 is 2.24 bits per heavy atom. The molecule has 2 rings (SSSR count). The van der Waals surface area contributed by atoms with Crippen molar-refractivity contribution in [2.75, 3.05) is 5.32 Å². The molecule has 1 unspecified atom stereocenters. The Morgan fingerprint density at radius 1 is 1.41 bits per heavy atom. The van der Waals surface area contributed by atoms with Gasteiger partial charge in [0.05, 0.1) is 11.1 Å². The molecule has 4 heteroatoms. The lowest BCUT2D eigenvalue weighted by Gasteiger charge is -2.17. The third-order valence-corrected chi connectivity index (χ3v) is 4.77. The van der Waals surface area contributed by atoms with Gasteiger partial charge in [0.15, 0.2) is 0 Å². The number of anilines is 1. The maximum absolute atomic E-state index is 6.08. The fourth-order valence-corrected chi connectivity index (χ4v) is 2.94. The Labute approximate surface area is 119 Å². The Balaban J connectivity index is 2.16. The fraction of sp³-hybridized carbons (Fsp3) is 0.231. The molecule has 0 radical (unpaired) electrons. The normalized spacial score (nSPS) is 12.4. The minimum absolute atomic E-state index is 0.354. The van der Waals surface area contributed by atoms with E-state index in [-0.39, 0.29) is 0 Å². The molecule has 0 spiro atoms. The zero-order chi connectivity index (χ0) is 12.3. The van der Waals surface area contributed by atoms with Gasteiger partial charge in [-0.1, -0.05) is 24.6 Å². The Hall–Kier alpha value is -0.510. The summed E-state index contributed by atoms with van der Waals surface area (Å²) in [5, 5.41) is 6.34. The summed E-state index contributed by atoms with van der Waals surface area (Å²) in [5.74, 6) is 0. The standard InChI is InChI=1S/C13H13BrClNS/c1-2-12(13-4-3-7-17-13)16-9-5-6-10(14)11(15)8-9/h3-8,12,16H,2H2,1H3. The van der Waals surface area contributed by atoms with Crippen molar-refractivity contribution in [1.82, 2.24) is 0 Å². The lowest BCUT2D eigenvalue weighted by molar-refractivity contribution is 0.764. The largest absolute Gasteiger partial charge is 0.377 e. The number of hydrogen-bond donors (Lipinski definition) is 1. The number of thiophene rings is 1. The molecule has 0 aliphatic carbocycles. The topological polar surface area (TPSA) is 12.0 Å². The van der Waals surface area contributed by atoms with E-state index < -0.39 is 0 Å². The molecule has 90 valence electrons. The molecule has 0 saturated carbocycles. The molecular formula is C13H13BrClNS. The van der Waals surface area contributed by atoms with Crippen molar-refractivity contribution in [3.05, 3.63) is 50.1 Å². The van der Waals surface area contributed by atoms with Gasteiger partial charge in [-0.3, -0.25) is 0 Å². The van der Waals surface area contributed by atoms with Crippen molar-refractivity contribution in [3.63, 3.8) is 0 Å². The Morgan fingerprint density at radius 3 is 2.82 bits per heavy atom. The summed E-state index contributed by atoms with van der Waals surface area (Å²) in [6.07, 6.45) is 1.05. The molecule has 1 aromatic heterocycles. The van der Waals surface area contributed by atoms with Crippen molar-refractivity contribution in [1.29, 1.82) is 0 Å². The Bertz CT molecular complexity index is 484. The lowest BCUT2D eigenvalue weighted by atomic mass is 10.1. The molecule has 0 aliphatic heterocycles. The molecule has 1 heterocycles. The first-order valence-electron chi connectivity index (χ1n) is 5.45. The number of nitrogens with one attached hydrogen (secondary N) is 1. The van der Waals surface area contributed by atoms with E-state index in [1.165, 1.54) is 4.88 Å². The summed E-state index contributed by atoms with van der Waals surface area (Å²) >= 11 is 11.3. The summed E-state index contributed by atoms with van der Waals surface area (Å²) in [5.41, 5.74) is 1.05. The summed E-state index contributed by atoms with van der Waals surface area (Å²) in [6, 6.07) is 10.5. The van der Waals surface area contributed by atoms with Crippen molar-refractivity contribution in [3.8, 4) is 0 Å². The van der Waals surface area contributed by atoms with E-state index in [2.05, 4.69) is 45.7 Å². The van der Waals surface area contributed by atoms with Gasteiger partial charge in [-0.05, 0) is 52.0 Å². The van der Waals surface area contributed by atoms with Crippen LogP contribution < -0.4 is 5.32 Å². The first kappa shape index (κ1) is 12.9. The fourth-order valence-electron chi connectivity index (χ4n) is 1.65. The summed E-state index contributed by atoms with van der Waals surface area (Å²) in [4.78, 5) is 1.35. The van der Waals surface area contributed by atoms with Gasteiger partial charge in [0.2, 0.25) is 0 Å². The first-order valence-corrected chi connectivity index (χ1v) is 7.50. The van der Waals surface area contributed by atoms with Crippen LogP contribution in [0.1, 0.15) is 24.3 Å². The van der Waals surface area contributed by atoms with Crippen LogP contribution in [0.5, 0.6) is 0 Å². The van der Waals surface area contributed by atoms with Crippen LogP contribution in [0, 0.1) is 0 Å². The van der Waals surface area contributed by atoms with E-state index in [1.807, 2.05) is 18.2 Å². The van der Waals surface area contributed by atoms with Gasteiger partial charge in [0.1, 0.15) is 0 Å². The number of halogens is 2. The van der Waals surface area contributed by atoms with Crippen molar-refractivity contribution < 1.29 is 0 Å². The van der Waals surface area contributed by atoms with Gasteiger partial charge >= 0.3 is 0 Å². The highest BCUT2D eigenvalue weighted by atomic mass is 79.9. The predicted octanol–water partition coefficient (Wildman–Crippen LogP) is 5.73. The summed E-state index contributed by atoms with van der Waals surface area (Å²) in [7, 11) is 0. The summed E-state index contributed by atoms with van der Waals surface area (Å²) in [6.45, 7) is 2.18. The van der Waals surface area contributed by atoms with Crippen LogP contribution in [-0.2, 0) is 0 Å². The van der Waals surface area contributed by atoms with E-state index in [9.17, 15) is 0 Å². The molecule has 1 atom stereocenters. The smallest absolute Gasteiger partial charge is 0.0604 e. The zero-order valence-corrected chi connectivity index (χ0v) is 12.6. The highest BCUT2D eigenvalue weighted by molar-refractivity contribution is 9.10. The lowest BCUT2D eigenvalue weighted by Crippen LogP contribution is -2.07. The average molecular weight is 331 g/mol. The maximum atomic E-state index is 6.08. The number of rotatable bonds is 4. The van der Waals surface area contributed by atoms with E-state index in [1.54, 1.807) is 11.3 Å². The third kappa shape index (κ3) is 3.24. The molecule has 2 aromatic rings. The molecule has 0 aliphatic rings. The first-order chi connectivity index (χ1) is 8.20. The second-order valence-electron chi connectivity index (χ2n) is 3.75. The van der Waals surface area contributed by atoms with Crippen molar-refractivity contribution in [2.24, 2.45) is 0 Å². The van der Waals surface area contributed by atoms with Crippen LogP contribution >= 0.6 is 38.9 Å². The molecule has 1 aromatic carbocycles. The van der Waals surface area contributed by atoms with Crippen LogP contribution in [-0.4, -0.2) is 0 Å². The maximum Gasteiger partial charge on any atom is 0.0604 e. The average Bonchev–Trinajstić information content (AvgIpc) is 2.84. The quantitative estimate of drug-likeness (QED) is 0.755. The minimum Gasteiger partial charge on any atom is -0.377 e. The van der Waals surface area contributed by atoms with Gasteiger partial charge in [0.25, 0.3) is 0 Å². The molecule has 1 N–H and O–H groups in total. The second kappa shape index (κ2) is 5.89. The summed E-state index contributed by atoms with van der Waals surface area (Å²) < 4.78 is 0.925. The van der Waals surface area contributed by atoms with E-state index >= 15 is 0 Å².